The zero-order chi connectivity index (χ0) is 18.8. The zero-order valence-corrected chi connectivity index (χ0v) is 14.6. The number of carbonyl (C=O) groups is 2. The minimum atomic E-state index is -0.700. The van der Waals surface area contributed by atoms with Crippen molar-refractivity contribution in [2.45, 2.75) is 13.0 Å². The predicted molar refractivity (Wildman–Crippen MR) is 95.1 cm³/mol. The number of furan rings is 1. The fraction of sp³-hybridized carbons (Fsp3) is 0.200. The van der Waals surface area contributed by atoms with Crippen molar-refractivity contribution < 1.29 is 23.8 Å². The van der Waals surface area contributed by atoms with E-state index in [4.69, 9.17) is 9.15 Å². The molecule has 0 radical (unpaired) electrons. The Morgan fingerprint density at radius 1 is 1.31 bits per heavy atom. The number of hydrogen-bond acceptors (Lipinski definition) is 5. The van der Waals surface area contributed by atoms with Crippen LogP contribution in [0.4, 0.5) is 0 Å². The molecule has 134 valence electrons. The monoisotopic (exact) mass is 353 g/mol. The summed E-state index contributed by atoms with van der Waals surface area (Å²) in [4.78, 5) is 26.4. The highest BCUT2D eigenvalue weighted by molar-refractivity contribution is 6.14. The lowest BCUT2D eigenvalue weighted by Crippen LogP contribution is -2.26. The Labute approximate surface area is 151 Å². The normalized spacial score (nSPS) is 16.9. The van der Waals surface area contributed by atoms with Gasteiger partial charge in [-0.25, -0.2) is 0 Å². The van der Waals surface area contributed by atoms with Crippen LogP contribution in [0.25, 0.3) is 0 Å². The van der Waals surface area contributed by atoms with Crippen molar-refractivity contribution in [2.75, 3.05) is 13.7 Å². The maximum absolute atomic E-state index is 12.8. The summed E-state index contributed by atoms with van der Waals surface area (Å²) >= 11 is 0. The van der Waals surface area contributed by atoms with E-state index in [0.717, 1.165) is 0 Å². The summed E-state index contributed by atoms with van der Waals surface area (Å²) in [7, 11) is 1.54. The molecule has 6 heteroatoms. The average molecular weight is 353 g/mol. The summed E-state index contributed by atoms with van der Waals surface area (Å²) in [6, 6.07) is 9.49. The molecule has 0 aliphatic carbocycles. The van der Waals surface area contributed by atoms with E-state index < -0.39 is 23.5 Å². The Bertz CT molecular complexity index is 891. The van der Waals surface area contributed by atoms with E-state index >= 15 is 0 Å². The first-order valence-corrected chi connectivity index (χ1v) is 8.09. The molecule has 1 aliphatic heterocycles. The van der Waals surface area contributed by atoms with Crippen LogP contribution in [-0.2, 0) is 4.79 Å². The molecule has 0 saturated carbocycles. The van der Waals surface area contributed by atoms with Crippen molar-refractivity contribution in [3.8, 4) is 5.75 Å². The van der Waals surface area contributed by atoms with E-state index in [9.17, 15) is 14.7 Å². The molecule has 1 aromatic heterocycles. The second kappa shape index (κ2) is 6.92. The van der Waals surface area contributed by atoms with E-state index in [0.29, 0.717) is 23.7 Å². The number of aryl methyl sites for hydroxylation is 1. The number of rotatable bonds is 6. The molecule has 2 aromatic rings. The molecule has 1 amide bonds. The smallest absolute Gasteiger partial charge is 0.289 e. The first kappa shape index (κ1) is 17.5. The molecule has 1 aromatic carbocycles. The second-order valence-electron chi connectivity index (χ2n) is 5.99. The first-order valence-electron chi connectivity index (χ1n) is 8.09. The Balaban J connectivity index is 1.97. The fourth-order valence-corrected chi connectivity index (χ4v) is 2.94. The van der Waals surface area contributed by atoms with Gasteiger partial charge in [0.15, 0.2) is 11.5 Å². The van der Waals surface area contributed by atoms with Crippen LogP contribution in [0.15, 0.2) is 64.8 Å². The quantitative estimate of drug-likeness (QED) is 0.636. The Morgan fingerprint density at radius 3 is 2.58 bits per heavy atom. The van der Waals surface area contributed by atoms with Crippen LogP contribution in [-0.4, -0.2) is 35.4 Å². The van der Waals surface area contributed by atoms with Gasteiger partial charge in [-0.15, -0.1) is 0 Å². The summed E-state index contributed by atoms with van der Waals surface area (Å²) in [6.45, 7) is 5.69. The highest BCUT2D eigenvalue weighted by Gasteiger charge is 2.42. The zero-order valence-electron chi connectivity index (χ0n) is 14.6. The van der Waals surface area contributed by atoms with Gasteiger partial charge in [0, 0.05) is 7.05 Å². The van der Waals surface area contributed by atoms with Crippen molar-refractivity contribution in [1.29, 1.82) is 0 Å². The molecule has 1 atom stereocenters. The van der Waals surface area contributed by atoms with Crippen LogP contribution in [0.2, 0.25) is 0 Å². The van der Waals surface area contributed by atoms with Crippen LogP contribution >= 0.6 is 0 Å². The van der Waals surface area contributed by atoms with Gasteiger partial charge in [-0.1, -0.05) is 24.8 Å². The van der Waals surface area contributed by atoms with E-state index in [1.165, 1.54) is 11.0 Å². The highest BCUT2D eigenvalue weighted by Crippen LogP contribution is 2.38. The lowest BCUT2D eigenvalue weighted by molar-refractivity contribution is -0.128. The highest BCUT2D eigenvalue weighted by atomic mass is 16.5. The van der Waals surface area contributed by atoms with Gasteiger partial charge in [0.1, 0.15) is 18.1 Å². The van der Waals surface area contributed by atoms with Gasteiger partial charge in [0.05, 0.1) is 11.6 Å². The summed E-state index contributed by atoms with van der Waals surface area (Å²) in [6.07, 6.45) is 1.64. The predicted octanol–water partition coefficient (Wildman–Crippen LogP) is 3.36. The summed E-state index contributed by atoms with van der Waals surface area (Å²) in [5.74, 6) is -0.361. The molecule has 6 nitrogen and oxygen atoms in total. The molecule has 0 saturated heterocycles. The van der Waals surface area contributed by atoms with Crippen molar-refractivity contribution in [1.82, 2.24) is 4.90 Å². The lowest BCUT2D eigenvalue weighted by Gasteiger charge is -2.22. The third-order valence-electron chi connectivity index (χ3n) is 4.21. The van der Waals surface area contributed by atoms with Gasteiger partial charge in [0.2, 0.25) is 5.78 Å². The minimum absolute atomic E-state index is 0.00612. The third kappa shape index (κ3) is 3.01. The van der Waals surface area contributed by atoms with Gasteiger partial charge in [0.25, 0.3) is 5.91 Å². The molecular weight excluding hydrogens is 334 g/mol. The summed E-state index contributed by atoms with van der Waals surface area (Å²) in [5, 5.41) is 10.3. The summed E-state index contributed by atoms with van der Waals surface area (Å²) in [5.41, 5.74) is 0.689. The number of amides is 1. The van der Waals surface area contributed by atoms with Crippen LogP contribution in [0.3, 0.4) is 0 Å². The lowest BCUT2D eigenvalue weighted by atomic mass is 9.95. The van der Waals surface area contributed by atoms with Crippen LogP contribution < -0.4 is 4.74 Å². The van der Waals surface area contributed by atoms with Crippen molar-refractivity contribution in [3.05, 3.63) is 77.5 Å². The molecular formula is C20H19NO5. The van der Waals surface area contributed by atoms with Gasteiger partial charge in [-0.05, 0) is 36.8 Å². The Morgan fingerprint density at radius 2 is 2.00 bits per heavy atom. The minimum Gasteiger partial charge on any atom is -0.503 e. The van der Waals surface area contributed by atoms with Crippen molar-refractivity contribution >= 4 is 11.7 Å². The van der Waals surface area contributed by atoms with Crippen LogP contribution in [0.5, 0.6) is 5.75 Å². The third-order valence-corrected chi connectivity index (χ3v) is 4.21. The fourth-order valence-electron chi connectivity index (χ4n) is 2.94. The molecule has 1 N–H and O–H groups in total. The standard InChI is InChI=1S/C20H19NO5/c1-4-11-25-14-8-6-13(7-9-14)17-16(19(23)20(24)21(17)3)18(22)15-10-5-12(2)26-15/h4-10,17,23H,1,11H2,2-3H3. The van der Waals surface area contributed by atoms with Gasteiger partial charge < -0.3 is 19.2 Å². The Kier molecular flexibility index (Phi) is 4.67. The Hall–Kier alpha value is -3.28. The van der Waals surface area contributed by atoms with Crippen LogP contribution in [0.1, 0.15) is 27.9 Å². The summed E-state index contributed by atoms with van der Waals surface area (Å²) < 4.78 is 10.8. The van der Waals surface area contributed by atoms with Crippen molar-refractivity contribution in [2.24, 2.45) is 0 Å². The largest absolute Gasteiger partial charge is 0.503 e. The van der Waals surface area contributed by atoms with E-state index in [1.807, 2.05) is 0 Å². The molecule has 3 rings (SSSR count). The van der Waals surface area contributed by atoms with E-state index in [-0.39, 0.29) is 11.3 Å². The molecule has 0 spiro atoms. The van der Waals surface area contributed by atoms with Gasteiger partial charge in [-0.3, -0.25) is 9.59 Å². The SMILES string of the molecule is C=CCOc1ccc(C2C(C(=O)c3ccc(C)o3)=C(O)C(=O)N2C)cc1. The number of Topliss-reactive ketones (excluding diaryl/α,β-unsaturated/α-hetero) is 1. The van der Waals surface area contributed by atoms with Crippen LogP contribution in [0, 0.1) is 6.92 Å². The topological polar surface area (TPSA) is 80.0 Å². The van der Waals surface area contributed by atoms with Crippen molar-refractivity contribution in [3.63, 3.8) is 0 Å². The number of aliphatic hydroxyl groups is 1. The number of likely N-dealkylation sites (N-methyl/N-ethyl adjacent to an activating group) is 1. The number of hydrogen-bond donors (Lipinski definition) is 1. The second-order valence-corrected chi connectivity index (χ2v) is 5.99. The average Bonchev–Trinajstić information content (AvgIpc) is 3.17. The number of ketones is 1. The molecule has 26 heavy (non-hydrogen) atoms. The maximum atomic E-state index is 12.8. The number of benzene rings is 1. The first-order chi connectivity index (χ1) is 12.4. The van der Waals surface area contributed by atoms with E-state index in [2.05, 4.69) is 6.58 Å². The maximum Gasteiger partial charge on any atom is 0.289 e. The number of carbonyl (C=O) groups excluding carboxylic acids is 2. The van der Waals surface area contributed by atoms with Gasteiger partial charge in [-0.2, -0.15) is 0 Å². The van der Waals surface area contributed by atoms with Gasteiger partial charge >= 0.3 is 0 Å². The molecule has 0 bridgehead atoms. The molecule has 1 aliphatic rings. The molecule has 0 fully saturated rings. The molecule has 1 unspecified atom stereocenters. The number of aliphatic hydroxyl groups excluding tert-OH is 1. The number of nitrogens with zero attached hydrogens (tertiary/aromatic N) is 1. The molecule has 2 heterocycles. The van der Waals surface area contributed by atoms with E-state index in [1.54, 1.807) is 50.4 Å². The number of ether oxygens (including phenoxy) is 1.